The molecule has 9 heteroatoms. The number of nitrogens with zero attached hydrogens (tertiary/aromatic N) is 4. The molecule has 0 unspecified atom stereocenters. The molecular weight excluding hydrogens is 380 g/mol. The van der Waals surface area contributed by atoms with E-state index in [1.807, 2.05) is 4.90 Å². The molecule has 1 fully saturated rings. The maximum atomic E-state index is 12.4. The fraction of sp³-hybridized carbons (Fsp3) is 0.368. The number of carbonyl (C=O) groups excluding carboxylic acids is 2. The first-order valence-corrected chi connectivity index (χ1v) is 10.4. The van der Waals surface area contributed by atoms with Gasteiger partial charge in [0.2, 0.25) is 5.95 Å². The molecule has 2 aromatic rings. The van der Waals surface area contributed by atoms with Crippen LogP contribution in [0.4, 0.5) is 5.95 Å². The fourth-order valence-corrected chi connectivity index (χ4v) is 3.83. The minimum absolute atomic E-state index is 0.238. The predicted octanol–water partition coefficient (Wildman–Crippen LogP) is 1.11. The van der Waals surface area contributed by atoms with Crippen molar-refractivity contribution in [3.05, 3.63) is 48.3 Å². The Morgan fingerprint density at radius 2 is 1.75 bits per heavy atom. The van der Waals surface area contributed by atoms with Crippen LogP contribution >= 0.6 is 0 Å². The first kappa shape index (κ1) is 19.9. The monoisotopic (exact) mass is 402 g/mol. The smallest absolute Gasteiger partial charge is 0.339 e. The van der Waals surface area contributed by atoms with Gasteiger partial charge in [-0.2, -0.15) is 0 Å². The van der Waals surface area contributed by atoms with Crippen LogP contribution in [-0.4, -0.2) is 69.5 Å². The van der Waals surface area contributed by atoms with Crippen molar-refractivity contribution in [3.63, 3.8) is 0 Å². The molecule has 0 spiro atoms. The van der Waals surface area contributed by atoms with Crippen LogP contribution < -0.4 is 4.90 Å². The Morgan fingerprint density at radius 1 is 1.07 bits per heavy atom. The Bertz CT molecular complexity index is 854. The third kappa shape index (κ3) is 4.72. The van der Waals surface area contributed by atoms with E-state index in [-0.39, 0.29) is 18.1 Å². The van der Waals surface area contributed by atoms with Gasteiger partial charge in [-0.15, -0.1) is 0 Å². The Morgan fingerprint density at radius 3 is 2.43 bits per heavy atom. The normalized spacial score (nSPS) is 15.2. The Labute approximate surface area is 166 Å². The summed E-state index contributed by atoms with van der Waals surface area (Å²) in [7, 11) is -1.28. The lowest BCUT2D eigenvalue weighted by molar-refractivity contribution is -0.134. The molecular formula is C19H22N4O4S. The molecule has 0 aliphatic carbocycles. The maximum absolute atomic E-state index is 12.4. The molecule has 148 valence electrons. The summed E-state index contributed by atoms with van der Waals surface area (Å²) in [6.45, 7) is 3.68. The third-order valence-electron chi connectivity index (χ3n) is 4.41. The summed E-state index contributed by atoms with van der Waals surface area (Å²) < 4.78 is 17.3. The molecule has 1 atom stereocenters. The van der Waals surface area contributed by atoms with Gasteiger partial charge in [-0.05, 0) is 18.2 Å². The number of esters is 1. The highest BCUT2D eigenvalue weighted by Gasteiger charge is 2.24. The summed E-state index contributed by atoms with van der Waals surface area (Å²) in [6, 6.07) is 8.36. The van der Waals surface area contributed by atoms with Crippen LogP contribution in [0.2, 0.25) is 0 Å². The van der Waals surface area contributed by atoms with Crippen molar-refractivity contribution in [2.24, 2.45) is 0 Å². The molecule has 0 bridgehead atoms. The van der Waals surface area contributed by atoms with Gasteiger partial charge in [-0.3, -0.25) is 9.00 Å². The van der Waals surface area contributed by atoms with E-state index in [0.717, 1.165) is 0 Å². The number of hydrogen-bond acceptors (Lipinski definition) is 7. The van der Waals surface area contributed by atoms with Crippen LogP contribution in [0.15, 0.2) is 47.6 Å². The SMILES string of the molecule is CC[S@@](=O)c1ccccc1C(=O)OCC(=O)N1CCN(c2ncccn2)CC1. The van der Waals surface area contributed by atoms with Crippen molar-refractivity contribution in [3.8, 4) is 0 Å². The average Bonchev–Trinajstić information content (AvgIpc) is 2.77. The van der Waals surface area contributed by atoms with E-state index in [0.29, 0.717) is 42.8 Å². The van der Waals surface area contributed by atoms with Gasteiger partial charge in [0, 0.05) is 44.3 Å². The second-order valence-electron chi connectivity index (χ2n) is 6.12. The maximum Gasteiger partial charge on any atom is 0.339 e. The van der Waals surface area contributed by atoms with Gasteiger partial charge < -0.3 is 14.5 Å². The molecule has 2 heterocycles. The van der Waals surface area contributed by atoms with E-state index >= 15 is 0 Å². The molecule has 1 amide bonds. The third-order valence-corrected chi connectivity index (χ3v) is 5.78. The molecule has 0 saturated carbocycles. The summed E-state index contributed by atoms with van der Waals surface area (Å²) in [5, 5.41) is 0. The van der Waals surface area contributed by atoms with Crippen LogP contribution in [0.5, 0.6) is 0 Å². The molecule has 1 aliphatic rings. The zero-order chi connectivity index (χ0) is 19.9. The van der Waals surface area contributed by atoms with Gasteiger partial charge in [0.1, 0.15) is 0 Å². The minimum Gasteiger partial charge on any atom is -0.452 e. The number of carbonyl (C=O) groups is 2. The van der Waals surface area contributed by atoms with Gasteiger partial charge in [0.15, 0.2) is 6.61 Å². The topological polar surface area (TPSA) is 92.7 Å². The van der Waals surface area contributed by atoms with E-state index in [1.165, 1.54) is 0 Å². The zero-order valence-electron chi connectivity index (χ0n) is 15.6. The van der Waals surface area contributed by atoms with Crippen LogP contribution in [0, 0.1) is 0 Å². The van der Waals surface area contributed by atoms with Crippen molar-refractivity contribution >= 4 is 28.6 Å². The summed E-state index contributed by atoms with van der Waals surface area (Å²) in [4.78, 5) is 37.3. The lowest BCUT2D eigenvalue weighted by Crippen LogP contribution is -2.50. The second-order valence-corrected chi connectivity index (χ2v) is 7.83. The van der Waals surface area contributed by atoms with E-state index in [9.17, 15) is 13.8 Å². The van der Waals surface area contributed by atoms with Crippen molar-refractivity contribution < 1.29 is 18.5 Å². The Kier molecular flexibility index (Phi) is 6.70. The van der Waals surface area contributed by atoms with Gasteiger partial charge in [0.25, 0.3) is 5.91 Å². The van der Waals surface area contributed by atoms with Crippen LogP contribution in [0.3, 0.4) is 0 Å². The zero-order valence-corrected chi connectivity index (χ0v) is 16.4. The molecule has 3 rings (SSSR count). The summed E-state index contributed by atoms with van der Waals surface area (Å²) in [5.41, 5.74) is 0.238. The number of amides is 1. The highest BCUT2D eigenvalue weighted by Crippen LogP contribution is 2.15. The molecule has 1 aliphatic heterocycles. The molecule has 0 N–H and O–H groups in total. The van der Waals surface area contributed by atoms with E-state index in [1.54, 1.807) is 54.5 Å². The lowest BCUT2D eigenvalue weighted by atomic mass is 10.2. The molecule has 8 nitrogen and oxygen atoms in total. The van der Waals surface area contributed by atoms with Crippen molar-refractivity contribution in [1.82, 2.24) is 14.9 Å². The Hall–Kier alpha value is -2.81. The van der Waals surface area contributed by atoms with Crippen LogP contribution in [0.1, 0.15) is 17.3 Å². The number of ether oxygens (including phenoxy) is 1. The fourth-order valence-electron chi connectivity index (χ4n) is 2.90. The predicted molar refractivity (Wildman–Crippen MR) is 104 cm³/mol. The number of aromatic nitrogens is 2. The van der Waals surface area contributed by atoms with Gasteiger partial charge in [0.05, 0.1) is 21.3 Å². The first-order valence-electron chi connectivity index (χ1n) is 9.04. The van der Waals surface area contributed by atoms with Crippen molar-refractivity contribution in [2.45, 2.75) is 11.8 Å². The highest BCUT2D eigenvalue weighted by atomic mass is 32.2. The van der Waals surface area contributed by atoms with E-state index in [2.05, 4.69) is 9.97 Å². The largest absolute Gasteiger partial charge is 0.452 e. The first-order chi connectivity index (χ1) is 13.6. The molecule has 0 radical (unpaired) electrons. The Balaban J connectivity index is 1.53. The summed E-state index contributed by atoms with van der Waals surface area (Å²) >= 11 is 0. The number of hydrogen-bond donors (Lipinski definition) is 0. The number of anilines is 1. The summed E-state index contributed by atoms with van der Waals surface area (Å²) in [6.07, 6.45) is 3.37. The van der Waals surface area contributed by atoms with Crippen molar-refractivity contribution in [1.29, 1.82) is 0 Å². The quantitative estimate of drug-likeness (QED) is 0.668. The second kappa shape index (κ2) is 9.41. The van der Waals surface area contributed by atoms with E-state index < -0.39 is 16.8 Å². The van der Waals surface area contributed by atoms with Crippen LogP contribution in [-0.2, 0) is 20.3 Å². The van der Waals surface area contributed by atoms with Gasteiger partial charge in [-0.25, -0.2) is 14.8 Å². The number of piperazine rings is 1. The minimum atomic E-state index is -1.28. The van der Waals surface area contributed by atoms with Crippen molar-refractivity contribution in [2.75, 3.05) is 43.4 Å². The molecule has 1 aromatic carbocycles. The standard InChI is InChI=1S/C19H22N4O4S/c1-2-28(26)16-7-4-3-6-15(16)18(25)27-14-17(24)22-10-12-23(13-11-22)19-20-8-5-9-21-19/h3-9H,2,10-14H2,1H3/t28-/m1/s1. The van der Waals surface area contributed by atoms with Gasteiger partial charge in [-0.1, -0.05) is 19.1 Å². The number of rotatable bonds is 6. The highest BCUT2D eigenvalue weighted by molar-refractivity contribution is 7.85. The summed E-state index contributed by atoms with van der Waals surface area (Å²) in [5.74, 6) is 0.151. The van der Waals surface area contributed by atoms with E-state index in [4.69, 9.17) is 4.74 Å². The molecule has 1 saturated heterocycles. The number of benzene rings is 1. The van der Waals surface area contributed by atoms with Crippen LogP contribution in [0.25, 0.3) is 0 Å². The molecule has 28 heavy (non-hydrogen) atoms. The van der Waals surface area contributed by atoms with Gasteiger partial charge >= 0.3 is 5.97 Å². The lowest BCUT2D eigenvalue weighted by Gasteiger charge is -2.34. The molecule has 1 aromatic heterocycles. The average molecular weight is 402 g/mol.